The molecule has 4 aromatic carbocycles. The van der Waals surface area contributed by atoms with Crippen LogP contribution >= 0.6 is 0 Å². The van der Waals surface area contributed by atoms with Crippen molar-refractivity contribution in [1.29, 1.82) is 0 Å². The summed E-state index contributed by atoms with van der Waals surface area (Å²) in [5.74, 6) is -0.973. The van der Waals surface area contributed by atoms with E-state index < -0.39 is 50.7 Å². The van der Waals surface area contributed by atoms with Crippen molar-refractivity contribution in [3.8, 4) is 0 Å². The molecule has 12 heteroatoms. The molecular formula is C33H32FN3O6S2. The molecule has 0 saturated carbocycles. The second-order valence-electron chi connectivity index (χ2n) is 11.1. The first-order valence-corrected chi connectivity index (χ1v) is 17.1. The maximum absolute atomic E-state index is 14.5. The predicted octanol–water partition coefficient (Wildman–Crippen LogP) is 7.44. The van der Waals surface area contributed by atoms with Crippen LogP contribution in [0.15, 0.2) is 106 Å². The summed E-state index contributed by atoms with van der Waals surface area (Å²) in [6.45, 7) is 3.05. The number of rotatable bonds is 11. The third-order valence-electron chi connectivity index (χ3n) is 7.91. The largest absolute Gasteiger partial charge is 0.297 e. The number of halogens is 1. The highest BCUT2D eigenvalue weighted by atomic mass is 32.2. The van der Waals surface area contributed by atoms with Crippen molar-refractivity contribution >= 4 is 20.2 Å². The van der Waals surface area contributed by atoms with Gasteiger partial charge < -0.3 is 0 Å². The lowest BCUT2D eigenvalue weighted by Crippen LogP contribution is -2.27. The lowest BCUT2D eigenvalue weighted by molar-refractivity contribution is 0.125. The Hall–Kier alpha value is -4.06. The van der Waals surface area contributed by atoms with Crippen LogP contribution in [-0.4, -0.2) is 29.5 Å². The minimum Gasteiger partial charge on any atom is -0.264 e. The standard InChI is InChI=1S/C33H32FN3O6S2/c1-22-7-14-28(15-8-22)44(38,39)42-21-27(43-45(40,41)29-16-9-23(2)10-17-29)13-18-31-30-6-4-3-5-24(30)19-25-11-12-26(34)20-32(25)33(31)36-37-35/h3-12,14-17,20,27,31,33H,13,18-19,21H2,1-2H3/t27?,31-,33+/m1/s1. The number of nitrogens with zero attached hydrogens (tertiary/aromatic N) is 3. The van der Waals surface area contributed by atoms with E-state index in [1.165, 1.54) is 36.4 Å². The van der Waals surface area contributed by atoms with Gasteiger partial charge in [-0.05, 0) is 103 Å². The van der Waals surface area contributed by atoms with Crippen molar-refractivity contribution in [2.75, 3.05) is 6.61 Å². The highest BCUT2D eigenvalue weighted by Gasteiger charge is 2.33. The van der Waals surface area contributed by atoms with Crippen LogP contribution in [0.25, 0.3) is 10.4 Å². The molecule has 234 valence electrons. The molecule has 0 spiro atoms. The molecule has 0 N–H and O–H groups in total. The monoisotopic (exact) mass is 649 g/mol. The molecule has 4 aromatic rings. The molecule has 0 heterocycles. The third-order valence-corrected chi connectivity index (χ3v) is 10.6. The van der Waals surface area contributed by atoms with Gasteiger partial charge in [-0.2, -0.15) is 16.8 Å². The molecule has 0 amide bonds. The van der Waals surface area contributed by atoms with Gasteiger partial charge >= 0.3 is 0 Å². The molecule has 45 heavy (non-hydrogen) atoms. The van der Waals surface area contributed by atoms with Crippen molar-refractivity contribution in [3.63, 3.8) is 0 Å². The van der Waals surface area contributed by atoms with Gasteiger partial charge in [0.1, 0.15) is 11.9 Å². The van der Waals surface area contributed by atoms with Crippen LogP contribution in [0.3, 0.4) is 0 Å². The third kappa shape index (κ3) is 7.61. The molecule has 0 aliphatic heterocycles. The number of aryl methyl sites for hydroxylation is 2. The van der Waals surface area contributed by atoms with Crippen molar-refractivity contribution in [2.24, 2.45) is 5.11 Å². The Balaban J connectivity index is 1.48. The SMILES string of the molecule is Cc1ccc(S(=O)(=O)OCC(CC[C@@H]2c3ccccc3Cc3ccc(F)cc3[C@H]2N=[N+]=[N-])OS(=O)(=O)c2ccc(C)cc2)cc1. The fourth-order valence-corrected chi connectivity index (χ4v) is 7.59. The van der Waals surface area contributed by atoms with E-state index in [1.807, 2.05) is 38.1 Å². The molecular weight excluding hydrogens is 618 g/mol. The summed E-state index contributed by atoms with van der Waals surface area (Å²) in [4.78, 5) is 2.90. The van der Waals surface area contributed by atoms with Gasteiger partial charge in [0, 0.05) is 4.91 Å². The van der Waals surface area contributed by atoms with Gasteiger partial charge in [0.2, 0.25) is 0 Å². The van der Waals surface area contributed by atoms with E-state index >= 15 is 0 Å². The van der Waals surface area contributed by atoms with E-state index in [4.69, 9.17) is 8.37 Å². The Morgan fingerprint density at radius 1 is 0.844 bits per heavy atom. The Labute approximate surface area is 262 Å². The minimum atomic E-state index is -4.32. The van der Waals surface area contributed by atoms with Gasteiger partial charge in [0.25, 0.3) is 20.2 Å². The first-order chi connectivity index (χ1) is 21.5. The van der Waals surface area contributed by atoms with Crippen LogP contribution < -0.4 is 0 Å². The highest BCUT2D eigenvalue weighted by Crippen LogP contribution is 2.44. The lowest BCUT2D eigenvalue weighted by atomic mass is 9.83. The average molecular weight is 650 g/mol. The summed E-state index contributed by atoms with van der Waals surface area (Å²) in [6.07, 6.45) is -0.529. The Bertz CT molecular complexity index is 1940. The van der Waals surface area contributed by atoms with Gasteiger partial charge in [-0.1, -0.05) is 70.8 Å². The molecule has 0 radical (unpaired) electrons. The zero-order valence-corrected chi connectivity index (χ0v) is 26.3. The second kappa shape index (κ2) is 13.5. The molecule has 3 atom stereocenters. The molecule has 9 nitrogen and oxygen atoms in total. The summed E-state index contributed by atoms with van der Waals surface area (Å²) in [7, 11) is -8.56. The van der Waals surface area contributed by atoms with Crippen molar-refractivity contribution in [2.45, 2.75) is 61.0 Å². The molecule has 5 rings (SSSR count). The maximum Gasteiger partial charge on any atom is 0.297 e. The van der Waals surface area contributed by atoms with E-state index in [-0.39, 0.29) is 22.6 Å². The number of azide groups is 1. The van der Waals surface area contributed by atoms with E-state index in [1.54, 1.807) is 30.3 Å². The normalized spacial score (nSPS) is 17.0. The quantitative estimate of drug-likeness (QED) is 0.0717. The maximum atomic E-state index is 14.5. The summed E-state index contributed by atoms with van der Waals surface area (Å²) in [6, 6.07) is 23.3. The van der Waals surface area contributed by atoms with Gasteiger partial charge in [-0.25, -0.2) is 4.39 Å². The first-order valence-electron chi connectivity index (χ1n) is 14.3. The van der Waals surface area contributed by atoms with Crippen LogP contribution in [0.5, 0.6) is 0 Å². The summed E-state index contributed by atoms with van der Waals surface area (Å²) in [5.41, 5.74) is 14.4. The second-order valence-corrected chi connectivity index (χ2v) is 14.3. The smallest absolute Gasteiger partial charge is 0.264 e. The topological polar surface area (TPSA) is 136 Å². The van der Waals surface area contributed by atoms with Gasteiger partial charge in [0.15, 0.2) is 0 Å². The van der Waals surface area contributed by atoms with E-state index in [9.17, 15) is 26.8 Å². The van der Waals surface area contributed by atoms with Gasteiger partial charge in [-0.15, -0.1) is 0 Å². The Kier molecular flexibility index (Phi) is 9.71. The summed E-state index contributed by atoms with van der Waals surface area (Å²) >= 11 is 0. The zero-order chi connectivity index (χ0) is 32.2. The van der Waals surface area contributed by atoms with Crippen LogP contribution in [0.1, 0.15) is 58.2 Å². The van der Waals surface area contributed by atoms with Crippen molar-refractivity contribution < 1.29 is 29.6 Å². The lowest BCUT2D eigenvalue weighted by Gasteiger charge is -2.26. The number of hydrogen-bond donors (Lipinski definition) is 0. The minimum absolute atomic E-state index is 0.00953. The molecule has 0 fully saturated rings. The van der Waals surface area contributed by atoms with Crippen LogP contribution in [0.4, 0.5) is 4.39 Å². The van der Waals surface area contributed by atoms with E-state index in [0.29, 0.717) is 12.0 Å². The van der Waals surface area contributed by atoms with Crippen molar-refractivity contribution in [1.82, 2.24) is 0 Å². The fourth-order valence-electron chi connectivity index (χ4n) is 5.57. The fraction of sp³-hybridized carbons (Fsp3) is 0.273. The molecule has 1 aliphatic rings. The van der Waals surface area contributed by atoms with Crippen LogP contribution in [0, 0.1) is 19.7 Å². The van der Waals surface area contributed by atoms with Crippen molar-refractivity contribution in [3.05, 3.63) is 141 Å². The first kappa shape index (κ1) is 32.3. The molecule has 0 saturated heterocycles. The molecule has 1 aliphatic carbocycles. The van der Waals surface area contributed by atoms with E-state index in [2.05, 4.69) is 10.0 Å². The van der Waals surface area contributed by atoms with E-state index in [0.717, 1.165) is 27.8 Å². The number of fused-ring (bicyclic) bond motifs is 2. The zero-order valence-electron chi connectivity index (χ0n) is 24.7. The Morgan fingerprint density at radius 3 is 2.09 bits per heavy atom. The molecule has 1 unspecified atom stereocenters. The average Bonchev–Trinajstić information content (AvgIpc) is 3.13. The summed E-state index contributed by atoms with van der Waals surface area (Å²) < 4.78 is 78.1. The highest BCUT2D eigenvalue weighted by molar-refractivity contribution is 7.87. The number of hydrogen-bond acceptors (Lipinski definition) is 7. The van der Waals surface area contributed by atoms with Gasteiger partial charge in [-0.3, -0.25) is 8.37 Å². The Morgan fingerprint density at radius 2 is 1.44 bits per heavy atom. The number of benzene rings is 4. The molecule has 0 aromatic heterocycles. The predicted molar refractivity (Wildman–Crippen MR) is 167 cm³/mol. The van der Waals surface area contributed by atoms with Gasteiger partial charge in [0.05, 0.1) is 22.4 Å². The van der Waals surface area contributed by atoms with Crippen LogP contribution in [0.2, 0.25) is 0 Å². The summed E-state index contributed by atoms with van der Waals surface area (Å²) in [5, 5.41) is 4.07. The molecule has 0 bridgehead atoms. The van der Waals surface area contributed by atoms with Crippen LogP contribution in [-0.2, 0) is 35.0 Å².